The fourth-order valence-electron chi connectivity index (χ4n) is 2.02. The maximum absolute atomic E-state index is 11.9. The lowest BCUT2D eigenvalue weighted by atomic mass is 10.1. The Bertz CT molecular complexity index is 674. The molecule has 0 bridgehead atoms. The Morgan fingerprint density at radius 2 is 1.91 bits per heavy atom. The molecule has 0 saturated carbocycles. The summed E-state index contributed by atoms with van der Waals surface area (Å²) < 4.78 is 0. The molecular formula is C18H18N2OS. The molecule has 0 aromatic heterocycles. The van der Waals surface area contributed by atoms with Gasteiger partial charge in [-0.2, -0.15) is 5.26 Å². The molecule has 0 aliphatic rings. The van der Waals surface area contributed by atoms with E-state index in [0.29, 0.717) is 12.2 Å². The number of anilines is 1. The van der Waals surface area contributed by atoms with Crippen LogP contribution in [0.4, 0.5) is 5.69 Å². The largest absolute Gasteiger partial charge is 0.325 e. The van der Waals surface area contributed by atoms with E-state index < -0.39 is 0 Å². The third kappa shape index (κ3) is 4.94. The van der Waals surface area contributed by atoms with Crippen LogP contribution in [0.2, 0.25) is 0 Å². The average Bonchev–Trinajstić information content (AvgIpc) is 2.51. The van der Waals surface area contributed by atoms with Gasteiger partial charge in [0.2, 0.25) is 5.91 Å². The van der Waals surface area contributed by atoms with Crippen LogP contribution < -0.4 is 5.32 Å². The zero-order valence-corrected chi connectivity index (χ0v) is 13.3. The van der Waals surface area contributed by atoms with Gasteiger partial charge in [-0.05, 0) is 35.7 Å². The lowest BCUT2D eigenvalue weighted by Crippen LogP contribution is -2.14. The number of carbonyl (C=O) groups excluding carboxylic acids is 1. The highest BCUT2D eigenvalue weighted by Gasteiger charge is 2.04. The zero-order valence-electron chi connectivity index (χ0n) is 12.5. The molecule has 0 fully saturated rings. The first kappa shape index (κ1) is 16.1. The molecule has 0 atom stereocenters. The topological polar surface area (TPSA) is 52.9 Å². The smallest absolute Gasteiger partial charge is 0.234 e. The summed E-state index contributed by atoms with van der Waals surface area (Å²) in [4.78, 5) is 11.9. The van der Waals surface area contributed by atoms with E-state index in [1.807, 2.05) is 36.4 Å². The molecule has 3 nitrogen and oxygen atoms in total. The predicted molar refractivity (Wildman–Crippen MR) is 91.7 cm³/mol. The van der Waals surface area contributed by atoms with Crippen molar-refractivity contribution in [2.75, 3.05) is 11.1 Å². The SMILES string of the molecule is Cc1ccccc1CSCC(=O)Nc1ccc(CC#N)cc1. The first-order valence-electron chi connectivity index (χ1n) is 7.07. The van der Waals surface area contributed by atoms with Crippen LogP contribution in [0.5, 0.6) is 0 Å². The van der Waals surface area contributed by atoms with E-state index in [4.69, 9.17) is 5.26 Å². The Morgan fingerprint density at radius 3 is 2.59 bits per heavy atom. The quantitative estimate of drug-likeness (QED) is 0.879. The van der Waals surface area contributed by atoms with Crippen molar-refractivity contribution >= 4 is 23.4 Å². The van der Waals surface area contributed by atoms with E-state index in [-0.39, 0.29) is 5.91 Å². The second-order valence-corrected chi connectivity index (χ2v) is 5.98. The number of amides is 1. The Balaban J connectivity index is 1.78. The molecule has 1 amide bonds. The summed E-state index contributed by atoms with van der Waals surface area (Å²) in [7, 11) is 0. The van der Waals surface area contributed by atoms with Crippen molar-refractivity contribution in [1.82, 2.24) is 0 Å². The minimum absolute atomic E-state index is 0.00776. The van der Waals surface area contributed by atoms with E-state index in [0.717, 1.165) is 17.0 Å². The second kappa shape index (κ2) is 8.26. The van der Waals surface area contributed by atoms with Gasteiger partial charge in [-0.25, -0.2) is 0 Å². The molecule has 2 aromatic carbocycles. The lowest BCUT2D eigenvalue weighted by molar-refractivity contribution is -0.113. The summed E-state index contributed by atoms with van der Waals surface area (Å²) >= 11 is 1.60. The van der Waals surface area contributed by atoms with E-state index in [2.05, 4.69) is 30.4 Å². The van der Waals surface area contributed by atoms with Gasteiger partial charge in [0.15, 0.2) is 0 Å². The number of nitrogens with one attached hydrogen (secondary N) is 1. The van der Waals surface area contributed by atoms with Crippen molar-refractivity contribution in [3.63, 3.8) is 0 Å². The van der Waals surface area contributed by atoms with Gasteiger partial charge in [0.25, 0.3) is 0 Å². The van der Waals surface area contributed by atoms with E-state index >= 15 is 0 Å². The fourth-order valence-corrected chi connectivity index (χ4v) is 2.92. The highest BCUT2D eigenvalue weighted by Crippen LogP contribution is 2.16. The van der Waals surface area contributed by atoms with Gasteiger partial charge in [-0.3, -0.25) is 4.79 Å². The number of hydrogen-bond acceptors (Lipinski definition) is 3. The number of nitrogens with zero attached hydrogens (tertiary/aromatic N) is 1. The molecule has 0 aliphatic heterocycles. The number of carbonyl (C=O) groups is 1. The van der Waals surface area contributed by atoms with Crippen LogP contribution in [-0.4, -0.2) is 11.7 Å². The molecule has 2 rings (SSSR count). The zero-order chi connectivity index (χ0) is 15.8. The maximum Gasteiger partial charge on any atom is 0.234 e. The lowest BCUT2D eigenvalue weighted by Gasteiger charge is -2.07. The van der Waals surface area contributed by atoms with Crippen LogP contribution in [0.25, 0.3) is 0 Å². The third-order valence-electron chi connectivity index (χ3n) is 3.27. The number of benzene rings is 2. The number of hydrogen-bond donors (Lipinski definition) is 1. The molecule has 0 spiro atoms. The highest BCUT2D eigenvalue weighted by atomic mass is 32.2. The molecular weight excluding hydrogens is 292 g/mol. The minimum Gasteiger partial charge on any atom is -0.325 e. The summed E-state index contributed by atoms with van der Waals surface area (Å²) in [6.07, 6.45) is 0.389. The summed E-state index contributed by atoms with van der Waals surface area (Å²) in [5, 5.41) is 11.5. The second-order valence-electron chi connectivity index (χ2n) is 5.00. The van der Waals surface area contributed by atoms with Gasteiger partial charge in [0.05, 0.1) is 18.2 Å². The van der Waals surface area contributed by atoms with Gasteiger partial charge in [-0.1, -0.05) is 36.4 Å². The van der Waals surface area contributed by atoms with Crippen LogP contribution >= 0.6 is 11.8 Å². The summed E-state index contributed by atoms with van der Waals surface area (Å²) in [6.45, 7) is 2.08. The summed E-state index contributed by atoms with van der Waals surface area (Å²) in [5.74, 6) is 1.25. The Hall–Kier alpha value is -2.25. The van der Waals surface area contributed by atoms with Crippen molar-refractivity contribution < 1.29 is 4.79 Å². The molecule has 0 unspecified atom stereocenters. The van der Waals surface area contributed by atoms with Gasteiger partial charge >= 0.3 is 0 Å². The Labute approximate surface area is 135 Å². The van der Waals surface area contributed by atoms with Crippen molar-refractivity contribution in [2.24, 2.45) is 0 Å². The first-order valence-corrected chi connectivity index (χ1v) is 8.22. The van der Waals surface area contributed by atoms with E-state index in [9.17, 15) is 4.79 Å². The average molecular weight is 310 g/mol. The van der Waals surface area contributed by atoms with E-state index in [1.54, 1.807) is 11.8 Å². The number of thioether (sulfide) groups is 1. The maximum atomic E-state index is 11.9. The molecule has 2 aromatic rings. The predicted octanol–water partition coefficient (Wildman–Crippen LogP) is 3.93. The fraction of sp³-hybridized carbons (Fsp3) is 0.222. The standard InChI is InChI=1S/C18H18N2OS/c1-14-4-2-3-5-16(14)12-22-13-18(21)20-17-8-6-15(7-9-17)10-11-19/h2-9H,10,12-13H2,1H3,(H,20,21). The summed E-state index contributed by atoms with van der Waals surface area (Å²) in [6, 6.07) is 17.7. The molecule has 112 valence electrons. The molecule has 0 radical (unpaired) electrons. The minimum atomic E-state index is -0.00776. The Kier molecular flexibility index (Phi) is 6.05. The van der Waals surface area contributed by atoms with E-state index in [1.165, 1.54) is 11.1 Å². The third-order valence-corrected chi connectivity index (χ3v) is 4.25. The highest BCUT2D eigenvalue weighted by molar-refractivity contribution is 7.99. The van der Waals surface area contributed by atoms with Gasteiger partial charge in [0, 0.05) is 11.4 Å². The molecule has 0 heterocycles. The molecule has 0 saturated heterocycles. The van der Waals surface area contributed by atoms with Crippen LogP contribution in [0, 0.1) is 18.3 Å². The molecule has 22 heavy (non-hydrogen) atoms. The van der Waals surface area contributed by atoms with Crippen LogP contribution in [0.3, 0.4) is 0 Å². The van der Waals surface area contributed by atoms with Crippen LogP contribution in [-0.2, 0) is 17.0 Å². The van der Waals surface area contributed by atoms with Crippen LogP contribution in [0.15, 0.2) is 48.5 Å². The molecule has 4 heteroatoms. The van der Waals surface area contributed by atoms with Crippen LogP contribution in [0.1, 0.15) is 16.7 Å². The number of aryl methyl sites for hydroxylation is 1. The summed E-state index contributed by atoms with van der Waals surface area (Å²) in [5.41, 5.74) is 4.24. The van der Waals surface area contributed by atoms with Gasteiger partial charge < -0.3 is 5.32 Å². The number of rotatable bonds is 6. The monoisotopic (exact) mass is 310 g/mol. The van der Waals surface area contributed by atoms with Gasteiger partial charge in [0.1, 0.15) is 0 Å². The molecule has 0 aliphatic carbocycles. The van der Waals surface area contributed by atoms with Crippen molar-refractivity contribution in [2.45, 2.75) is 19.1 Å². The molecule has 1 N–H and O–H groups in total. The normalized spacial score (nSPS) is 10.0. The first-order chi connectivity index (χ1) is 10.7. The van der Waals surface area contributed by atoms with Gasteiger partial charge in [-0.15, -0.1) is 11.8 Å². The number of nitriles is 1. The van der Waals surface area contributed by atoms with Crippen molar-refractivity contribution in [3.05, 3.63) is 65.2 Å². The van der Waals surface area contributed by atoms with Crippen molar-refractivity contribution in [1.29, 1.82) is 5.26 Å². The van der Waals surface area contributed by atoms with Crippen molar-refractivity contribution in [3.8, 4) is 6.07 Å². The Morgan fingerprint density at radius 1 is 1.18 bits per heavy atom.